The fraction of sp³-hybridized carbons (Fsp3) is 0.0952. The van der Waals surface area contributed by atoms with Crippen LogP contribution >= 0.6 is 0 Å². The van der Waals surface area contributed by atoms with Gasteiger partial charge in [0.25, 0.3) is 0 Å². The maximum Gasteiger partial charge on any atom is 0.244 e. The van der Waals surface area contributed by atoms with Gasteiger partial charge in [0.05, 0.1) is 17.7 Å². The third-order valence-corrected chi connectivity index (χ3v) is 5.36. The lowest BCUT2D eigenvalue weighted by Crippen LogP contribution is -2.22. The lowest BCUT2D eigenvalue weighted by molar-refractivity contribution is -0.116. The zero-order valence-electron chi connectivity index (χ0n) is 15.0. The predicted octanol–water partition coefficient (Wildman–Crippen LogP) is 3.09. The van der Waals surface area contributed by atoms with Crippen molar-refractivity contribution in [2.75, 3.05) is 0 Å². The number of carbonyl (C=O) groups is 1. The highest BCUT2D eigenvalue weighted by atomic mass is 32.2. The van der Waals surface area contributed by atoms with E-state index >= 15 is 0 Å². The smallest absolute Gasteiger partial charge is 0.244 e. The van der Waals surface area contributed by atoms with Gasteiger partial charge < -0.3 is 9.73 Å². The van der Waals surface area contributed by atoms with E-state index < -0.39 is 10.0 Å². The van der Waals surface area contributed by atoms with E-state index in [0.717, 1.165) is 11.1 Å². The van der Waals surface area contributed by atoms with Crippen LogP contribution < -0.4 is 10.0 Å². The number of hydrogen-bond donors (Lipinski definition) is 2. The number of nitrogens with one attached hydrogen (secondary N) is 2. The number of benzene rings is 2. The molecule has 2 N–H and O–H groups in total. The molecule has 0 spiro atoms. The number of sulfonamides is 1. The highest BCUT2D eigenvalue weighted by molar-refractivity contribution is 7.89. The molecule has 0 unspecified atom stereocenters. The summed E-state index contributed by atoms with van der Waals surface area (Å²) in [5.74, 6) is 0.310. The lowest BCUT2D eigenvalue weighted by atomic mass is 10.2. The number of furan rings is 1. The molecule has 0 saturated carbocycles. The third kappa shape index (κ3) is 5.67. The third-order valence-electron chi connectivity index (χ3n) is 3.94. The Kier molecular flexibility index (Phi) is 6.41. The lowest BCUT2D eigenvalue weighted by Gasteiger charge is -2.06. The molecule has 2 aromatic carbocycles. The first-order valence-electron chi connectivity index (χ1n) is 8.65. The molecule has 6 nitrogen and oxygen atoms in total. The Hall–Kier alpha value is -3.16. The Morgan fingerprint density at radius 3 is 2.36 bits per heavy atom. The maximum atomic E-state index is 12.3. The highest BCUT2D eigenvalue weighted by Crippen LogP contribution is 2.12. The van der Waals surface area contributed by atoms with E-state index in [2.05, 4.69) is 10.0 Å². The molecule has 1 heterocycles. The highest BCUT2D eigenvalue weighted by Gasteiger charge is 2.13. The van der Waals surface area contributed by atoms with Gasteiger partial charge in [-0.25, -0.2) is 13.1 Å². The molecule has 0 aliphatic carbocycles. The van der Waals surface area contributed by atoms with Crippen molar-refractivity contribution in [3.63, 3.8) is 0 Å². The summed E-state index contributed by atoms with van der Waals surface area (Å²) in [6, 6.07) is 19.3. The summed E-state index contributed by atoms with van der Waals surface area (Å²) in [5, 5.41) is 2.79. The van der Waals surface area contributed by atoms with Crippen LogP contribution in [0.15, 0.2) is 88.4 Å². The van der Waals surface area contributed by atoms with E-state index in [9.17, 15) is 13.2 Å². The van der Waals surface area contributed by atoms with Gasteiger partial charge in [-0.3, -0.25) is 4.79 Å². The Labute approximate surface area is 163 Å². The van der Waals surface area contributed by atoms with Gasteiger partial charge in [0.2, 0.25) is 15.9 Å². The van der Waals surface area contributed by atoms with E-state index in [-0.39, 0.29) is 17.3 Å². The second-order valence-corrected chi connectivity index (χ2v) is 7.78. The van der Waals surface area contributed by atoms with E-state index in [1.807, 2.05) is 30.3 Å². The SMILES string of the molecule is O=C(/C=C/c1ccc(S(=O)(=O)NCc2ccco2)cc1)NCc1ccccc1. The van der Waals surface area contributed by atoms with Crippen molar-refractivity contribution in [2.45, 2.75) is 18.0 Å². The zero-order chi connectivity index (χ0) is 19.8. The van der Waals surface area contributed by atoms with Crippen LogP contribution in [0.5, 0.6) is 0 Å². The number of amides is 1. The molecule has 28 heavy (non-hydrogen) atoms. The number of rotatable bonds is 8. The van der Waals surface area contributed by atoms with E-state index in [4.69, 9.17) is 4.42 Å². The second-order valence-electron chi connectivity index (χ2n) is 6.01. The summed E-state index contributed by atoms with van der Waals surface area (Å²) < 4.78 is 32.2. The van der Waals surface area contributed by atoms with Gasteiger partial charge in [0.15, 0.2) is 0 Å². The van der Waals surface area contributed by atoms with Crippen LogP contribution in [-0.2, 0) is 27.9 Å². The molecule has 0 atom stereocenters. The van der Waals surface area contributed by atoms with Crippen molar-refractivity contribution in [2.24, 2.45) is 0 Å². The van der Waals surface area contributed by atoms with Crippen molar-refractivity contribution >= 4 is 22.0 Å². The van der Waals surface area contributed by atoms with E-state index in [0.29, 0.717) is 12.3 Å². The van der Waals surface area contributed by atoms with E-state index in [1.54, 1.807) is 30.3 Å². The Morgan fingerprint density at radius 1 is 0.929 bits per heavy atom. The van der Waals surface area contributed by atoms with Crippen LogP contribution in [0.4, 0.5) is 0 Å². The van der Waals surface area contributed by atoms with Crippen molar-refractivity contribution < 1.29 is 17.6 Å². The molecule has 7 heteroatoms. The first-order chi connectivity index (χ1) is 13.5. The average Bonchev–Trinajstić information content (AvgIpc) is 3.24. The predicted molar refractivity (Wildman–Crippen MR) is 106 cm³/mol. The monoisotopic (exact) mass is 396 g/mol. The summed E-state index contributed by atoms with van der Waals surface area (Å²) in [6.07, 6.45) is 4.54. The number of carbonyl (C=O) groups excluding carboxylic acids is 1. The molecule has 1 amide bonds. The summed E-state index contributed by atoms with van der Waals surface area (Å²) in [5.41, 5.74) is 1.74. The normalized spacial score (nSPS) is 11.6. The Bertz CT molecular complexity index is 1030. The van der Waals surface area contributed by atoms with Crippen molar-refractivity contribution in [3.8, 4) is 0 Å². The molecule has 3 rings (SSSR count). The molecule has 0 radical (unpaired) electrons. The van der Waals surface area contributed by atoms with Crippen LogP contribution in [0.3, 0.4) is 0 Å². The van der Waals surface area contributed by atoms with Gasteiger partial charge in [-0.15, -0.1) is 0 Å². The first kappa shape index (κ1) is 19.6. The van der Waals surface area contributed by atoms with Gasteiger partial charge in [0.1, 0.15) is 5.76 Å². The van der Waals surface area contributed by atoms with Crippen LogP contribution in [0, 0.1) is 0 Å². The van der Waals surface area contributed by atoms with Gasteiger partial charge in [-0.1, -0.05) is 42.5 Å². The molecule has 0 fully saturated rings. The van der Waals surface area contributed by atoms with Crippen LogP contribution in [0.25, 0.3) is 6.08 Å². The summed E-state index contributed by atoms with van der Waals surface area (Å²) in [7, 11) is -3.64. The largest absolute Gasteiger partial charge is 0.468 e. The first-order valence-corrected chi connectivity index (χ1v) is 10.1. The fourth-order valence-corrected chi connectivity index (χ4v) is 3.43. The fourth-order valence-electron chi connectivity index (χ4n) is 2.44. The molecule has 0 bridgehead atoms. The van der Waals surface area contributed by atoms with Gasteiger partial charge in [0, 0.05) is 12.6 Å². The van der Waals surface area contributed by atoms with Crippen molar-refractivity contribution in [1.82, 2.24) is 10.0 Å². The minimum absolute atomic E-state index is 0.0819. The standard InChI is InChI=1S/C21H20N2O4S/c24-21(22-15-18-5-2-1-3-6-18)13-10-17-8-11-20(12-9-17)28(25,26)23-16-19-7-4-14-27-19/h1-14,23H,15-16H2,(H,22,24)/b13-10+. The van der Waals surface area contributed by atoms with Gasteiger partial charge in [-0.2, -0.15) is 0 Å². The molecule has 0 aliphatic rings. The quantitative estimate of drug-likeness (QED) is 0.573. The minimum Gasteiger partial charge on any atom is -0.468 e. The topological polar surface area (TPSA) is 88.4 Å². The number of hydrogen-bond acceptors (Lipinski definition) is 4. The molecule has 144 valence electrons. The molecule has 0 saturated heterocycles. The van der Waals surface area contributed by atoms with Crippen LogP contribution in [0.2, 0.25) is 0 Å². The molecule has 3 aromatic rings. The minimum atomic E-state index is -3.64. The molecule has 1 aromatic heterocycles. The van der Waals surface area contributed by atoms with Gasteiger partial charge >= 0.3 is 0 Å². The van der Waals surface area contributed by atoms with Crippen LogP contribution in [-0.4, -0.2) is 14.3 Å². The summed E-state index contributed by atoms with van der Waals surface area (Å²) in [6.45, 7) is 0.529. The molecular formula is C21H20N2O4S. The Morgan fingerprint density at radius 2 is 1.68 bits per heavy atom. The summed E-state index contributed by atoms with van der Waals surface area (Å²) in [4.78, 5) is 12.0. The van der Waals surface area contributed by atoms with E-state index in [1.165, 1.54) is 24.5 Å². The van der Waals surface area contributed by atoms with Gasteiger partial charge in [-0.05, 0) is 41.5 Å². The van der Waals surface area contributed by atoms with Crippen molar-refractivity contribution in [3.05, 3.63) is 96.0 Å². The molecular weight excluding hydrogens is 376 g/mol. The average molecular weight is 396 g/mol. The van der Waals surface area contributed by atoms with Crippen molar-refractivity contribution in [1.29, 1.82) is 0 Å². The van der Waals surface area contributed by atoms with Crippen LogP contribution in [0.1, 0.15) is 16.9 Å². The molecule has 0 aliphatic heterocycles. The maximum absolute atomic E-state index is 12.3. The zero-order valence-corrected chi connectivity index (χ0v) is 15.9. The second kappa shape index (κ2) is 9.16. The summed E-state index contributed by atoms with van der Waals surface area (Å²) >= 11 is 0. The Balaban J connectivity index is 1.54.